The van der Waals surface area contributed by atoms with Gasteiger partial charge in [0.2, 0.25) is 0 Å². The van der Waals surface area contributed by atoms with Gasteiger partial charge < -0.3 is 0 Å². The Bertz CT molecular complexity index is 1950. The number of hydrogen-bond acceptors (Lipinski definition) is 3. The zero-order valence-electron chi connectivity index (χ0n) is 21.6. The molecule has 0 saturated heterocycles. The van der Waals surface area contributed by atoms with E-state index in [4.69, 9.17) is 14.4 Å². The second-order valence-corrected chi connectivity index (χ2v) is 21.4. The standard InChI is InChI=1S/C33H27GeN3O/c1-34(2,3)24-17-18-26-27-15-10-16-28(31(27)38-30(26)20-24)33-36-32-29(37(33)25-13-8-5-9-14-25)19-23(21-35-32)22-11-6-4-7-12-22/h4-21H,1-3H3. The van der Waals surface area contributed by atoms with Crippen molar-refractivity contribution < 1.29 is 4.42 Å². The van der Waals surface area contributed by atoms with E-state index in [0.717, 1.165) is 55.7 Å². The minimum absolute atomic E-state index is 0.708. The summed E-state index contributed by atoms with van der Waals surface area (Å²) in [5, 5.41) is 2.25. The molecule has 0 saturated carbocycles. The van der Waals surface area contributed by atoms with Crippen molar-refractivity contribution in [1.82, 2.24) is 14.5 Å². The third-order valence-electron chi connectivity index (χ3n) is 7.24. The molecule has 0 unspecified atom stereocenters. The number of fused-ring (bicyclic) bond motifs is 4. The van der Waals surface area contributed by atoms with Crippen LogP contribution in [0.25, 0.3) is 61.3 Å². The minimum atomic E-state index is -2.00. The molecular formula is C33H27GeN3O. The fourth-order valence-corrected chi connectivity index (χ4v) is 7.62. The third-order valence-corrected chi connectivity index (χ3v) is 11.5. The fourth-order valence-electron chi connectivity index (χ4n) is 5.21. The molecule has 3 aromatic heterocycles. The summed E-state index contributed by atoms with van der Waals surface area (Å²) in [7, 11) is 0. The number of furan rings is 1. The van der Waals surface area contributed by atoms with Crippen LogP contribution in [0.4, 0.5) is 0 Å². The van der Waals surface area contributed by atoms with Gasteiger partial charge in [0.25, 0.3) is 0 Å². The predicted molar refractivity (Wildman–Crippen MR) is 160 cm³/mol. The SMILES string of the molecule is [CH3][Ge]([CH3])([CH3])[c]1ccc2c(c1)oc1c(-c3nc4ncc(-c5ccccc5)cc4n3-c3ccccc3)cccc12. The van der Waals surface area contributed by atoms with Crippen LogP contribution in [0.5, 0.6) is 0 Å². The molecule has 0 bridgehead atoms. The molecule has 5 heteroatoms. The van der Waals surface area contributed by atoms with Gasteiger partial charge in [-0.3, -0.25) is 0 Å². The average Bonchev–Trinajstić information content (AvgIpc) is 3.51. The zero-order chi connectivity index (χ0) is 25.9. The molecule has 0 aliphatic carbocycles. The molecule has 0 spiro atoms. The van der Waals surface area contributed by atoms with Crippen molar-refractivity contribution in [3.63, 3.8) is 0 Å². The van der Waals surface area contributed by atoms with Crippen LogP contribution in [-0.2, 0) is 0 Å². The molecule has 0 N–H and O–H groups in total. The molecule has 0 aliphatic rings. The van der Waals surface area contributed by atoms with E-state index < -0.39 is 13.3 Å². The summed E-state index contributed by atoms with van der Waals surface area (Å²) in [6, 6.07) is 36.0. The number of aromatic nitrogens is 3. The average molecular weight is 554 g/mol. The molecule has 184 valence electrons. The number of imidazole rings is 1. The van der Waals surface area contributed by atoms with Crippen LogP contribution in [0.1, 0.15) is 0 Å². The van der Waals surface area contributed by atoms with Crippen LogP contribution in [0.15, 0.2) is 114 Å². The van der Waals surface area contributed by atoms with Crippen molar-refractivity contribution in [3.05, 3.63) is 109 Å². The van der Waals surface area contributed by atoms with Gasteiger partial charge in [-0.25, -0.2) is 0 Å². The topological polar surface area (TPSA) is 43.9 Å². The molecular weight excluding hydrogens is 527 g/mol. The Morgan fingerprint density at radius 1 is 0.711 bits per heavy atom. The van der Waals surface area contributed by atoms with Crippen molar-refractivity contribution in [2.75, 3.05) is 0 Å². The van der Waals surface area contributed by atoms with Gasteiger partial charge >= 0.3 is 194 Å². The number of nitrogens with zero attached hydrogens (tertiary/aromatic N) is 3. The Morgan fingerprint density at radius 3 is 2.24 bits per heavy atom. The van der Waals surface area contributed by atoms with Crippen molar-refractivity contribution in [3.8, 4) is 28.2 Å². The van der Waals surface area contributed by atoms with Crippen LogP contribution in [-0.4, -0.2) is 27.8 Å². The quantitative estimate of drug-likeness (QED) is 0.206. The molecule has 0 amide bonds. The first-order chi connectivity index (χ1) is 18.5. The van der Waals surface area contributed by atoms with Gasteiger partial charge in [-0.05, 0) is 0 Å². The van der Waals surface area contributed by atoms with Gasteiger partial charge in [0.05, 0.1) is 0 Å². The number of pyridine rings is 1. The first kappa shape index (κ1) is 23.0. The Morgan fingerprint density at radius 2 is 1.47 bits per heavy atom. The zero-order valence-corrected chi connectivity index (χ0v) is 23.7. The number of para-hydroxylation sites is 2. The predicted octanol–water partition coefficient (Wildman–Crippen LogP) is 8.20. The molecule has 0 atom stereocenters. The normalized spacial score (nSPS) is 12.1. The van der Waals surface area contributed by atoms with Gasteiger partial charge in [-0.2, -0.15) is 0 Å². The maximum atomic E-state index is 6.61. The van der Waals surface area contributed by atoms with E-state index in [0.29, 0.717) is 5.65 Å². The van der Waals surface area contributed by atoms with Crippen molar-refractivity contribution in [2.24, 2.45) is 0 Å². The fraction of sp³-hybridized carbons (Fsp3) is 0.0909. The van der Waals surface area contributed by atoms with Crippen LogP contribution in [0.2, 0.25) is 17.3 Å². The van der Waals surface area contributed by atoms with Crippen LogP contribution >= 0.6 is 0 Å². The van der Waals surface area contributed by atoms with Crippen LogP contribution in [0.3, 0.4) is 0 Å². The maximum absolute atomic E-state index is 6.61. The molecule has 38 heavy (non-hydrogen) atoms. The van der Waals surface area contributed by atoms with Crippen molar-refractivity contribution >= 4 is 50.8 Å². The summed E-state index contributed by atoms with van der Waals surface area (Å²) in [4.78, 5) is 9.87. The molecule has 0 radical (unpaired) electrons. The van der Waals surface area contributed by atoms with Gasteiger partial charge in [0, 0.05) is 0 Å². The summed E-state index contributed by atoms with van der Waals surface area (Å²) in [5.41, 5.74) is 7.65. The summed E-state index contributed by atoms with van der Waals surface area (Å²) in [6.45, 7) is 0. The molecule has 4 nitrogen and oxygen atoms in total. The third kappa shape index (κ3) is 3.75. The summed E-state index contributed by atoms with van der Waals surface area (Å²) >= 11 is -2.00. The Labute approximate surface area is 223 Å². The van der Waals surface area contributed by atoms with Crippen molar-refractivity contribution in [1.29, 1.82) is 0 Å². The van der Waals surface area contributed by atoms with Crippen LogP contribution in [0, 0.1) is 0 Å². The number of hydrogen-bond donors (Lipinski definition) is 0. The summed E-state index contributed by atoms with van der Waals surface area (Å²) in [6.07, 6.45) is 1.91. The van der Waals surface area contributed by atoms with Crippen LogP contribution < -0.4 is 4.40 Å². The van der Waals surface area contributed by atoms with Gasteiger partial charge in [0.15, 0.2) is 0 Å². The molecule has 3 heterocycles. The summed E-state index contributed by atoms with van der Waals surface area (Å²) < 4.78 is 10.2. The molecule has 7 aromatic rings. The molecule has 0 aliphatic heterocycles. The van der Waals surface area contributed by atoms with Gasteiger partial charge in [-0.15, -0.1) is 0 Å². The Hall–Kier alpha value is -4.16. The first-order valence-electron chi connectivity index (χ1n) is 12.9. The van der Waals surface area contributed by atoms with E-state index in [2.05, 4.69) is 113 Å². The molecule has 7 rings (SSSR count). The van der Waals surface area contributed by atoms with E-state index in [1.165, 1.54) is 4.40 Å². The number of rotatable bonds is 4. The van der Waals surface area contributed by atoms with E-state index in [1.54, 1.807) is 0 Å². The number of benzene rings is 4. The van der Waals surface area contributed by atoms with Gasteiger partial charge in [-0.1, -0.05) is 30.3 Å². The Balaban J connectivity index is 1.51. The monoisotopic (exact) mass is 555 g/mol. The second-order valence-electron chi connectivity index (χ2n) is 10.8. The second kappa shape index (κ2) is 8.71. The van der Waals surface area contributed by atoms with Gasteiger partial charge in [0.1, 0.15) is 0 Å². The van der Waals surface area contributed by atoms with E-state index in [1.807, 2.05) is 18.3 Å². The van der Waals surface area contributed by atoms with E-state index in [9.17, 15) is 0 Å². The van der Waals surface area contributed by atoms with E-state index in [-0.39, 0.29) is 0 Å². The van der Waals surface area contributed by atoms with Crippen molar-refractivity contribution in [2.45, 2.75) is 17.3 Å². The first-order valence-corrected chi connectivity index (χ1v) is 20.3. The molecule has 4 aromatic carbocycles. The Kier molecular flexibility index (Phi) is 5.27. The summed E-state index contributed by atoms with van der Waals surface area (Å²) in [5.74, 6) is 8.05. The van der Waals surface area contributed by atoms with E-state index >= 15 is 0 Å². The molecule has 0 fully saturated rings.